The van der Waals surface area contributed by atoms with E-state index >= 15 is 0 Å². The van der Waals surface area contributed by atoms with Gasteiger partial charge in [-0.05, 0) is 26.3 Å². The van der Waals surface area contributed by atoms with Gasteiger partial charge in [-0.2, -0.15) is 5.26 Å². The molecule has 66 valence electrons. The van der Waals surface area contributed by atoms with Crippen molar-refractivity contribution in [1.29, 1.82) is 5.26 Å². The van der Waals surface area contributed by atoms with E-state index in [4.69, 9.17) is 5.26 Å². The van der Waals surface area contributed by atoms with Crippen LogP contribution < -0.4 is 0 Å². The monoisotopic (exact) mass is 164 g/mol. The molecular weight excluding hydrogens is 148 g/mol. The fourth-order valence-corrected chi connectivity index (χ4v) is 1.69. The third-order valence-electron chi connectivity index (χ3n) is 2.18. The number of nitrogens with zero attached hydrogens (tertiary/aromatic N) is 2. The quantitative estimate of drug-likeness (QED) is 0.582. The fraction of sp³-hybridized carbons (Fsp3) is 0.700. The van der Waals surface area contributed by atoms with Crippen LogP contribution in [0.15, 0.2) is 12.2 Å². The summed E-state index contributed by atoms with van der Waals surface area (Å²) in [6, 6.07) is 2.34. The molecule has 12 heavy (non-hydrogen) atoms. The summed E-state index contributed by atoms with van der Waals surface area (Å²) in [4.78, 5) is 2.32. The van der Waals surface area contributed by atoms with E-state index in [1.165, 1.54) is 5.57 Å². The van der Waals surface area contributed by atoms with Crippen LogP contribution in [0.1, 0.15) is 19.8 Å². The van der Waals surface area contributed by atoms with Gasteiger partial charge in [0.05, 0.1) is 12.0 Å². The van der Waals surface area contributed by atoms with Gasteiger partial charge >= 0.3 is 0 Å². The Labute approximate surface area is 74.5 Å². The van der Waals surface area contributed by atoms with Crippen LogP contribution in [-0.4, -0.2) is 24.5 Å². The molecule has 0 amide bonds. The van der Waals surface area contributed by atoms with Crippen LogP contribution in [0.5, 0.6) is 0 Å². The van der Waals surface area contributed by atoms with Crippen LogP contribution in [0.3, 0.4) is 0 Å². The molecule has 2 heteroatoms. The van der Waals surface area contributed by atoms with E-state index in [0.717, 1.165) is 32.5 Å². The van der Waals surface area contributed by atoms with E-state index in [0.29, 0.717) is 0 Å². The zero-order valence-electron chi connectivity index (χ0n) is 7.71. The lowest BCUT2D eigenvalue weighted by atomic mass is 9.99. The Morgan fingerprint density at radius 3 is 3.08 bits per heavy atom. The highest BCUT2D eigenvalue weighted by molar-refractivity contribution is 4.95. The molecule has 2 nitrogen and oxygen atoms in total. The summed E-state index contributed by atoms with van der Waals surface area (Å²) in [6.07, 6.45) is 2.23. The average Bonchev–Trinajstić information content (AvgIpc) is 2.03. The van der Waals surface area contributed by atoms with Crippen LogP contribution >= 0.6 is 0 Å². The highest BCUT2D eigenvalue weighted by Gasteiger charge is 2.18. The maximum Gasteiger partial charge on any atom is 0.0669 e. The number of likely N-dealkylation sites (tertiary alicyclic amines) is 1. The van der Waals surface area contributed by atoms with Crippen molar-refractivity contribution in [2.24, 2.45) is 5.92 Å². The van der Waals surface area contributed by atoms with Crippen molar-refractivity contribution in [2.75, 3.05) is 19.6 Å². The molecular formula is C10H16N2. The minimum absolute atomic E-state index is 0.248. The molecule has 0 spiro atoms. The topological polar surface area (TPSA) is 27.0 Å². The van der Waals surface area contributed by atoms with Gasteiger partial charge in [-0.25, -0.2) is 0 Å². The van der Waals surface area contributed by atoms with Gasteiger partial charge < -0.3 is 0 Å². The molecule has 0 N–H and O–H groups in total. The molecule has 1 fully saturated rings. The molecule has 0 radical (unpaired) electrons. The van der Waals surface area contributed by atoms with Gasteiger partial charge in [0.2, 0.25) is 0 Å². The van der Waals surface area contributed by atoms with E-state index in [1.807, 2.05) is 6.92 Å². The second-order valence-corrected chi connectivity index (χ2v) is 3.66. The summed E-state index contributed by atoms with van der Waals surface area (Å²) in [6.45, 7) is 8.93. The van der Waals surface area contributed by atoms with Crippen molar-refractivity contribution in [1.82, 2.24) is 4.90 Å². The maximum absolute atomic E-state index is 8.74. The maximum atomic E-state index is 8.74. The summed E-state index contributed by atoms with van der Waals surface area (Å²) in [7, 11) is 0. The SMILES string of the molecule is C=C(C)CN1CCCC(C#N)C1. The van der Waals surface area contributed by atoms with Gasteiger partial charge in [-0.3, -0.25) is 4.90 Å². The van der Waals surface area contributed by atoms with E-state index in [9.17, 15) is 0 Å². The van der Waals surface area contributed by atoms with Crippen molar-refractivity contribution in [3.8, 4) is 6.07 Å². The van der Waals surface area contributed by atoms with Crippen LogP contribution in [0.25, 0.3) is 0 Å². The Bertz CT molecular complexity index is 202. The summed E-state index contributed by atoms with van der Waals surface area (Å²) in [5.74, 6) is 0.248. The normalized spacial score (nSPS) is 24.8. The number of rotatable bonds is 2. The zero-order chi connectivity index (χ0) is 8.97. The van der Waals surface area contributed by atoms with E-state index in [-0.39, 0.29) is 5.92 Å². The van der Waals surface area contributed by atoms with Crippen molar-refractivity contribution in [2.45, 2.75) is 19.8 Å². The van der Waals surface area contributed by atoms with E-state index in [1.54, 1.807) is 0 Å². The Kier molecular flexibility index (Phi) is 3.31. The van der Waals surface area contributed by atoms with Crippen molar-refractivity contribution < 1.29 is 0 Å². The molecule has 1 heterocycles. The summed E-state index contributed by atoms with van der Waals surface area (Å²) >= 11 is 0. The highest BCUT2D eigenvalue weighted by Crippen LogP contribution is 2.15. The zero-order valence-corrected chi connectivity index (χ0v) is 7.71. The average molecular weight is 164 g/mol. The molecule has 1 saturated heterocycles. The van der Waals surface area contributed by atoms with Gasteiger partial charge in [-0.15, -0.1) is 0 Å². The number of piperidine rings is 1. The summed E-state index contributed by atoms with van der Waals surface area (Å²) in [5, 5.41) is 8.74. The van der Waals surface area contributed by atoms with Crippen molar-refractivity contribution >= 4 is 0 Å². The first-order chi connectivity index (χ1) is 5.72. The molecule has 0 aromatic rings. The van der Waals surface area contributed by atoms with Gasteiger partial charge in [0.25, 0.3) is 0 Å². The first-order valence-electron chi connectivity index (χ1n) is 4.48. The van der Waals surface area contributed by atoms with Gasteiger partial charge in [0, 0.05) is 13.1 Å². The Morgan fingerprint density at radius 1 is 1.75 bits per heavy atom. The smallest absolute Gasteiger partial charge is 0.0669 e. The fourth-order valence-electron chi connectivity index (χ4n) is 1.69. The Balaban J connectivity index is 2.36. The lowest BCUT2D eigenvalue weighted by molar-refractivity contribution is 0.215. The predicted molar refractivity (Wildman–Crippen MR) is 49.6 cm³/mol. The molecule has 1 aliphatic heterocycles. The molecule has 1 unspecified atom stereocenters. The first-order valence-corrected chi connectivity index (χ1v) is 4.48. The van der Waals surface area contributed by atoms with Crippen LogP contribution in [0.2, 0.25) is 0 Å². The molecule has 1 aliphatic rings. The Morgan fingerprint density at radius 2 is 2.50 bits per heavy atom. The van der Waals surface area contributed by atoms with Crippen LogP contribution in [0.4, 0.5) is 0 Å². The second-order valence-electron chi connectivity index (χ2n) is 3.66. The number of hydrogen-bond acceptors (Lipinski definition) is 2. The molecule has 1 atom stereocenters. The van der Waals surface area contributed by atoms with Crippen LogP contribution in [-0.2, 0) is 0 Å². The van der Waals surface area contributed by atoms with E-state index < -0.39 is 0 Å². The minimum atomic E-state index is 0.248. The number of hydrogen-bond donors (Lipinski definition) is 0. The van der Waals surface area contributed by atoms with Crippen molar-refractivity contribution in [3.63, 3.8) is 0 Å². The van der Waals surface area contributed by atoms with E-state index in [2.05, 4.69) is 17.5 Å². The Hall–Kier alpha value is -0.810. The minimum Gasteiger partial charge on any atom is -0.298 e. The molecule has 0 aliphatic carbocycles. The standard InChI is InChI=1S/C10H16N2/c1-9(2)7-12-5-3-4-10(6-11)8-12/h10H,1,3-5,7-8H2,2H3. The van der Waals surface area contributed by atoms with Crippen LogP contribution in [0, 0.1) is 17.2 Å². The largest absolute Gasteiger partial charge is 0.298 e. The van der Waals surface area contributed by atoms with Gasteiger partial charge in [0.1, 0.15) is 0 Å². The number of nitriles is 1. The molecule has 0 bridgehead atoms. The third kappa shape index (κ3) is 2.67. The first kappa shape index (κ1) is 9.28. The molecule has 0 aromatic carbocycles. The lowest BCUT2D eigenvalue weighted by Crippen LogP contribution is -2.35. The summed E-state index contributed by atoms with van der Waals surface area (Å²) in [5.41, 5.74) is 1.19. The highest BCUT2D eigenvalue weighted by atomic mass is 15.1. The lowest BCUT2D eigenvalue weighted by Gasteiger charge is -2.29. The van der Waals surface area contributed by atoms with Gasteiger partial charge in [-0.1, -0.05) is 12.2 Å². The summed E-state index contributed by atoms with van der Waals surface area (Å²) < 4.78 is 0. The molecule has 1 rings (SSSR count). The third-order valence-corrected chi connectivity index (χ3v) is 2.18. The van der Waals surface area contributed by atoms with Crippen molar-refractivity contribution in [3.05, 3.63) is 12.2 Å². The molecule has 0 saturated carbocycles. The molecule has 0 aromatic heterocycles. The van der Waals surface area contributed by atoms with Gasteiger partial charge in [0.15, 0.2) is 0 Å². The predicted octanol–water partition coefficient (Wildman–Crippen LogP) is 1.80. The second kappa shape index (κ2) is 4.27.